The number of aromatic nitrogens is 2. The van der Waals surface area contributed by atoms with Crippen LogP contribution in [0, 0.1) is 0 Å². The third-order valence-corrected chi connectivity index (χ3v) is 3.49. The summed E-state index contributed by atoms with van der Waals surface area (Å²) in [4.78, 5) is 12.1. The average molecular weight is 250 g/mol. The molecule has 0 aromatic carbocycles. The van der Waals surface area contributed by atoms with E-state index in [1.165, 1.54) is 0 Å². The fourth-order valence-corrected chi connectivity index (χ4v) is 2.63. The van der Waals surface area contributed by atoms with Crippen molar-refractivity contribution in [3.63, 3.8) is 0 Å². The van der Waals surface area contributed by atoms with E-state index in [0.29, 0.717) is 0 Å². The van der Waals surface area contributed by atoms with Gasteiger partial charge in [-0.2, -0.15) is 0 Å². The molecular formula is C12H18N4S. The molecule has 0 radical (unpaired) electrons. The highest BCUT2D eigenvalue weighted by Crippen LogP contribution is 2.26. The summed E-state index contributed by atoms with van der Waals surface area (Å²) in [6.45, 7) is 4.88. The fourth-order valence-electron chi connectivity index (χ4n) is 1.90. The molecule has 2 heterocycles. The zero-order valence-electron chi connectivity index (χ0n) is 10.1. The van der Waals surface area contributed by atoms with Crippen LogP contribution in [0.25, 0.3) is 10.2 Å². The van der Waals surface area contributed by atoms with Gasteiger partial charge in [-0.15, -0.1) is 11.3 Å². The van der Waals surface area contributed by atoms with Gasteiger partial charge in [0.2, 0.25) is 0 Å². The van der Waals surface area contributed by atoms with Gasteiger partial charge in [-0.25, -0.2) is 9.97 Å². The highest BCUT2D eigenvalue weighted by atomic mass is 32.1. The van der Waals surface area contributed by atoms with Crippen molar-refractivity contribution in [2.24, 2.45) is 5.73 Å². The Balaban J connectivity index is 2.30. The Morgan fingerprint density at radius 3 is 3.00 bits per heavy atom. The minimum atomic E-state index is 0.720. The summed E-state index contributed by atoms with van der Waals surface area (Å²) < 4.78 is 0. The van der Waals surface area contributed by atoms with Crippen LogP contribution in [0.3, 0.4) is 0 Å². The number of rotatable bonds is 6. The van der Waals surface area contributed by atoms with E-state index in [0.717, 1.165) is 48.5 Å². The number of nitrogens with zero attached hydrogens (tertiary/aromatic N) is 3. The van der Waals surface area contributed by atoms with E-state index in [1.807, 2.05) is 0 Å². The molecule has 0 atom stereocenters. The molecule has 0 saturated carbocycles. The Morgan fingerprint density at radius 1 is 1.35 bits per heavy atom. The van der Waals surface area contributed by atoms with Crippen LogP contribution in [0.1, 0.15) is 19.8 Å². The largest absolute Gasteiger partial charge is 0.356 e. The third kappa shape index (κ3) is 2.73. The molecule has 0 bridgehead atoms. The van der Waals surface area contributed by atoms with E-state index >= 15 is 0 Å². The van der Waals surface area contributed by atoms with E-state index in [-0.39, 0.29) is 0 Å². The van der Waals surface area contributed by atoms with Crippen molar-refractivity contribution in [3.8, 4) is 0 Å². The van der Waals surface area contributed by atoms with Crippen LogP contribution in [-0.2, 0) is 0 Å². The minimum Gasteiger partial charge on any atom is -0.356 e. The summed E-state index contributed by atoms with van der Waals surface area (Å²) in [6.07, 6.45) is 3.76. The van der Waals surface area contributed by atoms with Crippen LogP contribution in [0.5, 0.6) is 0 Å². The van der Waals surface area contributed by atoms with Gasteiger partial charge in [0.05, 0.1) is 5.39 Å². The van der Waals surface area contributed by atoms with Gasteiger partial charge < -0.3 is 10.6 Å². The summed E-state index contributed by atoms with van der Waals surface area (Å²) in [5, 5.41) is 3.22. The topological polar surface area (TPSA) is 55.0 Å². The molecule has 0 unspecified atom stereocenters. The van der Waals surface area contributed by atoms with Crippen LogP contribution in [0.4, 0.5) is 5.82 Å². The number of nitrogens with two attached hydrogens (primary N) is 1. The Labute approximate surface area is 105 Å². The molecule has 4 nitrogen and oxygen atoms in total. The molecule has 0 saturated heterocycles. The predicted octanol–water partition coefficient (Wildman–Crippen LogP) is 2.26. The van der Waals surface area contributed by atoms with Gasteiger partial charge in [0.1, 0.15) is 17.0 Å². The molecule has 2 aromatic heterocycles. The van der Waals surface area contributed by atoms with Gasteiger partial charge in [-0.05, 0) is 30.8 Å². The van der Waals surface area contributed by atoms with E-state index in [4.69, 9.17) is 5.73 Å². The van der Waals surface area contributed by atoms with Crippen LogP contribution in [-0.4, -0.2) is 29.6 Å². The van der Waals surface area contributed by atoms with Gasteiger partial charge >= 0.3 is 0 Å². The molecule has 0 amide bonds. The third-order valence-electron chi connectivity index (χ3n) is 2.67. The first-order valence-electron chi connectivity index (χ1n) is 6.00. The first-order chi connectivity index (χ1) is 8.36. The van der Waals surface area contributed by atoms with Crippen molar-refractivity contribution in [1.82, 2.24) is 9.97 Å². The van der Waals surface area contributed by atoms with Crippen LogP contribution >= 0.6 is 11.3 Å². The molecule has 2 aromatic rings. The second kappa shape index (κ2) is 5.93. The van der Waals surface area contributed by atoms with Crippen molar-refractivity contribution in [2.75, 3.05) is 24.5 Å². The Bertz CT molecular complexity index is 468. The summed E-state index contributed by atoms with van der Waals surface area (Å²) in [7, 11) is 0. The number of anilines is 1. The SMILES string of the molecule is CCCN(CCCN)c1ncnc2sccc12. The van der Waals surface area contributed by atoms with Crippen molar-refractivity contribution in [2.45, 2.75) is 19.8 Å². The molecular weight excluding hydrogens is 232 g/mol. The molecule has 5 heteroatoms. The second-order valence-electron chi connectivity index (χ2n) is 3.97. The number of hydrogen-bond acceptors (Lipinski definition) is 5. The second-order valence-corrected chi connectivity index (χ2v) is 4.86. The first kappa shape index (κ1) is 12.3. The molecule has 0 spiro atoms. The van der Waals surface area contributed by atoms with Gasteiger partial charge in [0.25, 0.3) is 0 Å². The maximum Gasteiger partial charge on any atom is 0.140 e. The highest BCUT2D eigenvalue weighted by molar-refractivity contribution is 7.16. The fraction of sp³-hybridized carbons (Fsp3) is 0.500. The van der Waals surface area contributed by atoms with Crippen LogP contribution in [0.2, 0.25) is 0 Å². The molecule has 2 N–H and O–H groups in total. The van der Waals surface area contributed by atoms with Gasteiger partial charge in [0.15, 0.2) is 0 Å². The molecule has 0 fully saturated rings. The highest BCUT2D eigenvalue weighted by Gasteiger charge is 2.11. The zero-order valence-corrected chi connectivity index (χ0v) is 10.9. The monoisotopic (exact) mass is 250 g/mol. The lowest BCUT2D eigenvalue weighted by atomic mass is 10.3. The molecule has 92 valence electrons. The quantitative estimate of drug-likeness (QED) is 0.854. The van der Waals surface area contributed by atoms with Crippen LogP contribution < -0.4 is 10.6 Å². The Kier molecular flexibility index (Phi) is 4.28. The van der Waals surface area contributed by atoms with Gasteiger partial charge in [-0.1, -0.05) is 6.92 Å². The zero-order chi connectivity index (χ0) is 12.1. The lowest BCUT2D eigenvalue weighted by Gasteiger charge is -2.23. The van der Waals surface area contributed by atoms with E-state index in [1.54, 1.807) is 17.7 Å². The maximum atomic E-state index is 5.59. The van der Waals surface area contributed by atoms with Crippen LogP contribution in [0.15, 0.2) is 17.8 Å². The van der Waals surface area contributed by atoms with Crippen molar-refractivity contribution >= 4 is 27.4 Å². The van der Waals surface area contributed by atoms with E-state index < -0.39 is 0 Å². The lowest BCUT2D eigenvalue weighted by molar-refractivity contribution is 0.714. The normalized spacial score (nSPS) is 10.9. The Hall–Kier alpha value is -1.20. The first-order valence-corrected chi connectivity index (χ1v) is 6.88. The Morgan fingerprint density at radius 2 is 2.24 bits per heavy atom. The number of thiophene rings is 1. The molecule has 0 aliphatic rings. The van der Waals surface area contributed by atoms with Gasteiger partial charge in [-0.3, -0.25) is 0 Å². The molecule has 17 heavy (non-hydrogen) atoms. The standard InChI is InChI=1S/C12H18N4S/c1-2-6-16(7-3-5-13)11-10-4-8-17-12(10)15-9-14-11/h4,8-9H,2-3,5-7,13H2,1H3. The average Bonchev–Trinajstić information content (AvgIpc) is 2.82. The summed E-state index contributed by atoms with van der Waals surface area (Å²) in [6, 6.07) is 2.10. The maximum absolute atomic E-state index is 5.59. The van der Waals surface area contributed by atoms with Crippen molar-refractivity contribution in [3.05, 3.63) is 17.8 Å². The molecule has 0 aliphatic heterocycles. The predicted molar refractivity (Wildman–Crippen MR) is 73.6 cm³/mol. The van der Waals surface area contributed by atoms with E-state index in [9.17, 15) is 0 Å². The van der Waals surface area contributed by atoms with Crippen molar-refractivity contribution < 1.29 is 0 Å². The molecule has 2 rings (SSSR count). The number of fused-ring (bicyclic) bond motifs is 1. The van der Waals surface area contributed by atoms with Gasteiger partial charge in [0, 0.05) is 13.1 Å². The minimum absolute atomic E-state index is 0.720. The molecule has 0 aliphatic carbocycles. The number of hydrogen-bond donors (Lipinski definition) is 1. The van der Waals surface area contributed by atoms with Crippen molar-refractivity contribution in [1.29, 1.82) is 0 Å². The summed E-state index contributed by atoms with van der Waals surface area (Å²) >= 11 is 1.66. The van der Waals surface area contributed by atoms with E-state index in [2.05, 4.69) is 33.2 Å². The lowest BCUT2D eigenvalue weighted by Crippen LogP contribution is -2.27. The smallest absolute Gasteiger partial charge is 0.140 e. The summed E-state index contributed by atoms with van der Waals surface area (Å²) in [5.74, 6) is 1.05. The summed E-state index contributed by atoms with van der Waals surface area (Å²) in [5.41, 5.74) is 5.59.